The molecular formula is C19H18F4N2O. The molecule has 26 heavy (non-hydrogen) atoms. The summed E-state index contributed by atoms with van der Waals surface area (Å²) in [5.41, 5.74) is -1.66. The van der Waals surface area contributed by atoms with E-state index in [1.807, 2.05) is 0 Å². The zero-order valence-electron chi connectivity index (χ0n) is 14.3. The van der Waals surface area contributed by atoms with Crippen LogP contribution in [-0.4, -0.2) is 17.8 Å². The summed E-state index contributed by atoms with van der Waals surface area (Å²) in [6, 6.07) is 4.13. The van der Waals surface area contributed by atoms with Crippen LogP contribution in [0.4, 0.5) is 28.9 Å². The van der Waals surface area contributed by atoms with Gasteiger partial charge in [-0.15, -0.1) is 0 Å². The Morgan fingerprint density at radius 2 is 1.81 bits per heavy atom. The van der Waals surface area contributed by atoms with Crippen molar-refractivity contribution in [2.24, 2.45) is 5.92 Å². The molecule has 3 nitrogen and oxygen atoms in total. The van der Waals surface area contributed by atoms with E-state index >= 15 is 0 Å². The Hall–Kier alpha value is -2.54. The standard InChI is InChI=1S/C19H18F4N2O/c1-9(12-8-19(12,2)26)25-10-6-11(17(22)14(21)7-10)16-13(20)4-5-15(24-3)18(16)23/h4-7,12,24-26H,1,8H2,2-3H3. The van der Waals surface area contributed by atoms with Gasteiger partial charge in [0.2, 0.25) is 0 Å². The van der Waals surface area contributed by atoms with Crippen LogP contribution in [-0.2, 0) is 0 Å². The van der Waals surface area contributed by atoms with E-state index in [2.05, 4.69) is 17.2 Å². The molecule has 0 aromatic heterocycles. The Morgan fingerprint density at radius 1 is 1.15 bits per heavy atom. The van der Waals surface area contributed by atoms with Crippen LogP contribution in [0.25, 0.3) is 11.1 Å². The Bertz CT molecular complexity index is 896. The fourth-order valence-corrected chi connectivity index (χ4v) is 2.96. The van der Waals surface area contributed by atoms with Gasteiger partial charge in [-0.1, -0.05) is 6.58 Å². The normalized spacial score (nSPS) is 21.4. The second kappa shape index (κ2) is 6.32. The first-order chi connectivity index (χ1) is 12.2. The molecule has 0 radical (unpaired) electrons. The number of halogens is 4. The van der Waals surface area contributed by atoms with Crippen molar-refractivity contribution in [3.63, 3.8) is 0 Å². The summed E-state index contributed by atoms with van der Waals surface area (Å²) < 4.78 is 57.0. The lowest BCUT2D eigenvalue weighted by molar-refractivity contribution is 0.158. The minimum Gasteiger partial charge on any atom is -0.389 e. The van der Waals surface area contributed by atoms with Gasteiger partial charge in [0.05, 0.1) is 16.9 Å². The third kappa shape index (κ3) is 3.14. The average Bonchev–Trinajstić information content (AvgIpc) is 3.21. The van der Waals surface area contributed by atoms with Crippen molar-refractivity contribution in [1.82, 2.24) is 0 Å². The summed E-state index contributed by atoms with van der Waals surface area (Å²) in [6.45, 7) is 5.41. The number of hydrogen-bond acceptors (Lipinski definition) is 3. The molecule has 0 amide bonds. The summed E-state index contributed by atoms with van der Waals surface area (Å²) in [4.78, 5) is 0. The molecule has 138 valence electrons. The molecule has 2 unspecified atom stereocenters. The van der Waals surface area contributed by atoms with Gasteiger partial charge in [-0.2, -0.15) is 0 Å². The van der Waals surface area contributed by atoms with E-state index in [0.29, 0.717) is 12.1 Å². The van der Waals surface area contributed by atoms with Gasteiger partial charge in [-0.05, 0) is 31.5 Å². The second-order valence-electron chi connectivity index (χ2n) is 6.62. The van der Waals surface area contributed by atoms with Crippen molar-refractivity contribution in [2.45, 2.75) is 18.9 Å². The number of hydrogen-bond donors (Lipinski definition) is 3. The number of aliphatic hydroxyl groups is 1. The second-order valence-corrected chi connectivity index (χ2v) is 6.62. The topological polar surface area (TPSA) is 44.3 Å². The predicted molar refractivity (Wildman–Crippen MR) is 92.8 cm³/mol. The summed E-state index contributed by atoms with van der Waals surface area (Å²) in [6.07, 6.45) is 0.489. The highest BCUT2D eigenvalue weighted by Gasteiger charge is 2.50. The van der Waals surface area contributed by atoms with E-state index in [4.69, 9.17) is 0 Å². The van der Waals surface area contributed by atoms with Crippen molar-refractivity contribution in [2.75, 3.05) is 17.7 Å². The van der Waals surface area contributed by atoms with E-state index in [9.17, 15) is 22.7 Å². The van der Waals surface area contributed by atoms with E-state index in [1.54, 1.807) is 6.92 Å². The first-order valence-corrected chi connectivity index (χ1v) is 7.99. The van der Waals surface area contributed by atoms with E-state index in [1.165, 1.54) is 13.1 Å². The molecule has 2 atom stereocenters. The molecule has 2 aromatic carbocycles. The van der Waals surface area contributed by atoms with E-state index in [-0.39, 0.29) is 17.3 Å². The lowest BCUT2D eigenvalue weighted by Gasteiger charge is -2.15. The highest BCUT2D eigenvalue weighted by atomic mass is 19.2. The Labute approximate surface area is 148 Å². The summed E-state index contributed by atoms with van der Waals surface area (Å²) in [5, 5.41) is 15.2. The number of nitrogens with one attached hydrogen (secondary N) is 2. The summed E-state index contributed by atoms with van der Waals surface area (Å²) >= 11 is 0. The van der Waals surface area contributed by atoms with Crippen molar-refractivity contribution < 1.29 is 22.7 Å². The van der Waals surface area contributed by atoms with Crippen molar-refractivity contribution in [3.05, 3.63) is 59.8 Å². The fourth-order valence-electron chi connectivity index (χ4n) is 2.96. The monoisotopic (exact) mass is 366 g/mol. The molecule has 0 aliphatic heterocycles. The molecule has 2 aromatic rings. The smallest absolute Gasteiger partial charge is 0.166 e. The Morgan fingerprint density at radius 3 is 2.38 bits per heavy atom. The van der Waals surface area contributed by atoms with Crippen LogP contribution in [0.3, 0.4) is 0 Å². The molecule has 1 aliphatic carbocycles. The van der Waals surface area contributed by atoms with Crippen molar-refractivity contribution in [1.29, 1.82) is 0 Å². The Kier molecular flexibility index (Phi) is 4.44. The van der Waals surface area contributed by atoms with Crippen molar-refractivity contribution >= 4 is 11.4 Å². The van der Waals surface area contributed by atoms with Gasteiger partial charge in [-0.25, -0.2) is 17.6 Å². The lowest BCUT2D eigenvalue weighted by Crippen LogP contribution is -2.10. The highest BCUT2D eigenvalue weighted by molar-refractivity contribution is 5.74. The van der Waals surface area contributed by atoms with Crippen molar-refractivity contribution in [3.8, 4) is 11.1 Å². The molecular weight excluding hydrogens is 348 g/mol. The zero-order chi connectivity index (χ0) is 19.2. The molecule has 0 heterocycles. The van der Waals surface area contributed by atoms with Gasteiger partial charge in [0.15, 0.2) is 17.5 Å². The first-order valence-electron chi connectivity index (χ1n) is 7.99. The first kappa shape index (κ1) is 18.3. The molecule has 0 spiro atoms. The zero-order valence-corrected chi connectivity index (χ0v) is 14.3. The maximum absolute atomic E-state index is 14.5. The fraction of sp³-hybridized carbons (Fsp3) is 0.263. The van der Waals surface area contributed by atoms with Crippen LogP contribution in [0.15, 0.2) is 36.5 Å². The van der Waals surface area contributed by atoms with Crippen LogP contribution in [0.2, 0.25) is 0 Å². The van der Waals surface area contributed by atoms with Gasteiger partial charge in [0.1, 0.15) is 5.82 Å². The molecule has 0 bridgehead atoms. The van der Waals surface area contributed by atoms with Crippen LogP contribution < -0.4 is 10.6 Å². The number of rotatable bonds is 5. The van der Waals surface area contributed by atoms with Crippen LogP contribution in [0, 0.1) is 29.2 Å². The van der Waals surface area contributed by atoms with E-state index < -0.39 is 40.0 Å². The summed E-state index contributed by atoms with van der Waals surface area (Å²) in [7, 11) is 1.43. The molecule has 7 heteroatoms. The minimum atomic E-state index is -1.36. The third-order valence-electron chi connectivity index (χ3n) is 4.59. The minimum absolute atomic E-state index is 0.0435. The van der Waals surface area contributed by atoms with Gasteiger partial charge >= 0.3 is 0 Å². The molecule has 1 aliphatic rings. The van der Waals surface area contributed by atoms with E-state index in [0.717, 1.165) is 18.2 Å². The van der Waals surface area contributed by atoms with Gasteiger partial charge in [-0.3, -0.25) is 0 Å². The van der Waals surface area contributed by atoms with Gasteiger partial charge < -0.3 is 15.7 Å². The van der Waals surface area contributed by atoms with Gasteiger partial charge in [0, 0.05) is 36.0 Å². The summed E-state index contributed by atoms with van der Waals surface area (Å²) in [5.74, 6) is -4.88. The largest absolute Gasteiger partial charge is 0.389 e. The number of anilines is 2. The van der Waals surface area contributed by atoms with Crippen LogP contribution in [0.5, 0.6) is 0 Å². The molecule has 1 fully saturated rings. The molecule has 3 N–H and O–H groups in total. The Balaban J connectivity index is 2.04. The van der Waals surface area contributed by atoms with Gasteiger partial charge in [0.25, 0.3) is 0 Å². The highest BCUT2D eigenvalue weighted by Crippen LogP contribution is 2.47. The molecule has 3 rings (SSSR count). The maximum atomic E-state index is 14.5. The lowest BCUT2D eigenvalue weighted by atomic mass is 10.0. The molecule has 1 saturated carbocycles. The van der Waals surface area contributed by atoms with Crippen LogP contribution >= 0.6 is 0 Å². The average molecular weight is 366 g/mol. The predicted octanol–water partition coefficient (Wildman–Crippen LogP) is 4.65. The quantitative estimate of drug-likeness (QED) is 0.675. The third-order valence-corrected chi connectivity index (χ3v) is 4.59. The number of benzene rings is 2. The van der Waals surface area contributed by atoms with Crippen LogP contribution in [0.1, 0.15) is 13.3 Å². The SMILES string of the molecule is C=C(Nc1cc(F)c(F)c(-c2c(F)ccc(NC)c2F)c1)C1CC1(C)O. The maximum Gasteiger partial charge on any atom is 0.166 e. The molecule has 0 saturated heterocycles.